The van der Waals surface area contributed by atoms with E-state index >= 15 is 0 Å². The molecule has 2 fully saturated rings. The van der Waals surface area contributed by atoms with Gasteiger partial charge < -0.3 is 16.0 Å². The maximum Gasteiger partial charge on any atom is 0.218 e. The highest BCUT2D eigenvalue weighted by molar-refractivity contribution is 5.73. The molecule has 1 amide bonds. The van der Waals surface area contributed by atoms with Crippen LogP contribution in [0.4, 0.5) is 0 Å². The van der Waals surface area contributed by atoms with Gasteiger partial charge in [-0.3, -0.25) is 4.79 Å². The fraction of sp³-hybridized carbons (Fsp3) is 0.900. The quantitative estimate of drug-likeness (QED) is 0.644. The second kappa shape index (κ2) is 4.28. The average Bonchev–Trinajstić information content (AvgIpc) is 2.61. The minimum atomic E-state index is -0.184. The summed E-state index contributed by atoms with van der Waals surface area (Å²) < 4.78 is 0. The lowest BCUT2D eigenvalue weighted by Gasteiger charge is -2.34. The van der Waals surface area contributed by atoms with Gasteiger partial charge in [-0.1, -0.05) is 0 Å². The molecule has 0 saturated carbocycles. The normalized spacial score (nSPS) is 32.9. The zero-order valence-electron chi connectivity index (χ0n) is 8.54. The highest BCUT2D eigenvalue weighted by Crippen LogP contribution is 2.24. The number of carbonyl (C=O) groups is 1. The van der Waals surface area contributed by atoms with Crippen LogP contribution in [0.5, 0.6) is 0 Å². The second-order valence-corrected chi connectivity index (χ2v) is 4.41. The van der Waals surface area contributed by atoms with Crippen LogP contribution < -0.4 is 11.1 Å². The van der Waals surface area contributed by atoms with Gasteiger partial charge in [0.1, 0.15) is 0 Å². The molecule has 0 bridgehead atoms. The number of nitrogens with two attached hydrogens (primary N) is 1. The van der Waals surface area contributed by atoms with Crippen molar-refractivity contribution in [2.75, 3.05) is 26.2 Å². The molecule has 2 aliphatic heterocycles. The highest BCUT2D eigenvalue weighted by Gasteiger charge is 2.32. The van der Waals surface area contributed by atoms with E-state index in [-0.39, 0.29) is 5.91 Å². The van der Waals surface area contributed by atoms with E-state index < -0.39 is 0 Å². The Morgan fingerprint density at radius 1 is 1.50 bits per heavy atom. The minimum absolute atomic E-state index is 0.184. The number of rotatable bonds is 3. The maximum atomic E-state index is 10.7. The first-order chi connectivity index (χ1) is 6.75. The molecule has 2 rings (SSSR count). The number of nitrogens with zero attached hydrogens (tertiary/aromatic N) is 1. The van der Waals surface area contributed by atoms with E-state index in [9.17, 15) is 4.79 Å². The van der Waals surface area contributed by atoms with Crippen molar-refractivity contribution in [1.82, 2.24) is 10.2 Å². The molecule has 2 unspecified atom stereocenters. The number of hydrogen-bond donors (Lipinski definition) is 2. The Kier molecular flexibility index (Phi) is 3.03. The van der Waals surface area contributed by atoms with Crippen molar-refractivity contribution < 1.29 is 4.79 Å². The van der Waals surface area contributed by atoms with E-state index in [2.05, 4.69) is 10.2 Å². The van der Waals surface area contributed by atoms with Crippen LogP contribution in [-0.4, -0.2) is 43.0 Å². The molecule has 0 aromatic carbocycles. The Morgan fingerprint density at radius 2 is 2.36 bits per heavy atom. The molecule has 14 heavy (non-hydrogen) atoms. The van der Waals surface area contributed by atoms with Crippen molar-refractivity contribution >= 4 is 5.91 Å². The van der Waals surface area contributed by atoms with Crippen molar-refractivity contribution in [2.24, 2.45) is 11.7 Å². The van der Waals surface area contributed by atoms with Gasteiger partial charge in [0.15, 0.2) is 0 Å². The molecule has 2 aliphatic rings. The first-order valence-corrected chi connectivity index (χ1v) is 5.50. The highest BCUT2D eigenvalue weighted by atomic mass is 16.1. The lowest BCUT2D eigenvalue weighted by Crippen LogP contribution is -2.45. The molecule has 4 nitrogen and oxygen atoms in total. The summed E-state index contributed by atoms with van der Waals surface area (Å²) in [5.41, 5.74) is 5.14. The van der Waals surface area contributed by atoms with Crippen LogP contribution in [0, 0.1) is 5.92 Å². The standard InChI is InChI=1S/C10H19N3O/c11-10(14)3-6-13-5-2-9-8(7-13)1-4-12-9/h8-9,12H,1-7H2,(H2,11,14). The number of primary amides is 1. The molecule has 0 aliphatic carbocycles. The van der Waals surface area contributed by atoms with Gasteiger partial charge >= 0.3 is 0 Å². The minimum Gasteiger partial charge on any atom is -0.370 e. The predicted octanol–water partition coefficient (Wildman–Crippen LogP) is -0.454. The maximum absolute atomic E-state index is 10.7. The molecule has 0 aromatic heterocycles. The molecule has 2 atom stereocenters. The van der Waals surface area contributed by atoms with Crippen LogP contribution in [-0.2, 0) is 4.79 Å². The summed E-state index contributed by atoms with van der Waals surface area (Å²) in [6.45, 7) is 4.27. The summed E-state index contributed by atoms with van der Waals surface area (Å²) in [6, 6.07) is 0.736. The molecule has 3 N–H and O–H groups in total. The third kappa shape index (κ3) is 2.25. The molecule has 0 spiro atoms. The fourth-order valence-electron chi connectivity index (χ4n) is 2.59. The Bertz CT molecular complexity index is 219. The van der Waals surface area contributed by atoms with Gasteiger partial charge in [0.2, 0.25) is 5.91 Å². The molecule has 0 radical (unpaired) electrons. The largest absolute Gasteiger partial charge is 0.370 e. The van der Waals surface area contributed by atoms with Crippen molar-refractivity contribution in [3.8, 4) is 0 Å². The lowest BCUT2D eigenvalue weighted by atomic mass is 9.93. The summed E-state index contributed by atoms with van der Waals surface area (Å²) in [5.74, 6) is 0.619. The number of amides is 1. The second-order valence-electron chi connectivity index (χ2n) is 4.41. The van der Waals surface area contributed by atoms with Crippen molar-refractivity contribution in [3.05, 3.63) is 0 Å². The monoisotopic (exact) mass is 197 g/mol. The van der Waals surface area contributed by atoms with Gasteiger partial charge in [-0.15, -0.1) is 0 Å². The molecule has 0 aromatic rings. The first-order valence-electron chi connectivity index (χ1n) is 5.50. The molecule has 80 valence electrons. The molecule has 2 saturated heterocycles. The van der Waals surface area contributed by atoms with E-state index in [1.165, 1.54) is 19.4 Å². The third-order valence-corrected chi connectivity index (χ3v) is 3.41. The van der Waals surface area contributed by atoms with Crippen LogP contribution in [0.3, 0.4) is 0 Å². The molecular formula is C10H19N3O. The van der Waals surface area contributed by atoms with Crippen molar-refractivity contribution in [1.29, 1.82) is 0 Å². The summed E-state index contributed by atoms with van der Waals surface area (Å²) in [5, 5.41) is 3.53. The van der Waals surface area contributed by atoms with Gasteiger partial charge in [-0.05, 0) is 31.8 Å². The lowest BCUT2D eigenvalue weighted by molar-refractivity contribution is -0.118. The summed E-state index contributed by atoms with van der Waals surface area (Å²) in [6.07, 6.45) is 3.02. The van der Waals surface area contributed by atoms with E-state index in [1.807, 2.05) is 0 Å². The summed E-state index contributed by atoms with van der Waals surface area (Å²) in [7, 11) is 0. The predicted molar refractivity (Wildman–Crippen MR) is 54.8 cm³/mol. The van der Waals surface area contributed by atoms with Crippen molar-refractivity contribution in [2.45, 2.75) is 25.3 Å². The van der Waals surface area contributed by atoms with Crippen LogP contribution in [0.15, 0.2) is 0 Å². The Hall–Kier alpha value is -0.610. The number of fused-ring (bicyclic) bond motifs is 1. The Balaban J connectivity index is 1.77. The average molecular weight is 197 g/mol. The van der Waals surface area contributed by atoms with E-state index in [4.69, 9.17) is 5.73 Å². The number of carbonyl (C=O) groups excluding carboxylic acids is 1. The van der Waals surface area contributed by atoms with Crippen LogP contribution in [0.1, 0.15) is 19.3 Å². The van der Waals surface area contributed by atoms with Crippen molar-refractivity contribution in [3.63, 3.8) is 0 Å². The van der Waals surface area contributed by atoms with Crippen LogP contribution >= 0.6 is 0 Å². The SMILES string of the molecule is NC(=O)CCN1CCC2NCCC2C1. The molecular weight excluding hydrogens is 178 g/mol. The van der Waals surface area contributed by atoms with Crippen LogP contribution in [0.25, 0.3) is 0 Å². The number of likely N-dealkylation sites (tertiary alicyclic amines) is 1. The number of nitrogens with one attached hydrogen (secondary N) is 1. The van der Waals surface area contributed by atoms with E-state index in [1.54, 1.807) is 0 Å². The van der Waals surface area contributed by atoms with Gasteiger partial charge in [0.25, 0.3) is 0 Å². The summed E-state index contributed by atoms with van der Waals surface area (Å²) in [4.78, 5) is 13.0. The molecule has 2 heterocycles. The van der Waals surface area contributed by atoms with Gasteiger partial charge in [-0.2, -0.15) is 0 Å². The zero-order chi connectivity index (χ0) is 9.97. The van der Waals surface area contributed by atoms with E-state index in [0.717, 1.165) is 31.6 Å². The first kappa shape index (κ1) is 9.93. The topological polar surface area (TPSA) is 58.4 Å². The summed E-state index contributed by atoms with van der Waals surface area (Å²) >= 11 is 0. The number of hydrogen-bond acceptors (Lipinski definition) is 3. The molecule has 4 heteroatoms. The smallest absolute Gasteiger partial charge is 0.218 e. The van der Waals surface area contributed by atoms with Gasteiger partial charge in [-0.25, -0.2) is 0 Å². The van der Waals surface area contributed by atoms with Gasteiger partial charge in [0, 0.05) is 25.6 Å². The Morgan fingerprint density at radius 3 is 3.14 bits per heavy atom. The zero-order valence-corrected chi connectivity index (χ0v) is 8.54. The van der Waals surface area contributed by atoms with Gasteiger partial charge in [0.05, 0.1) is 0 Å². The van der Waals surface area contributed by atoms with E-state index in [0.29, 0.717) is 6.42 Å². The fourth-order valence-corrected chi connectivity index (χ4v) is 2.59. The Labute approximate surface area is 84.8 Å². The third-order valence-electron chi connectivity index (χ3n) is 3.41. The number of piperidine rings is 1. The van der Waals surface area contributed by atoms with Crippen LogP contribution in [0.2, 0.25) is 0 Å².